The minimum absolute atomic E-state index is 0.336. The van der Waals surface area contributed by atoms with Gasteiger partial charge < -0.3 is 9.84 Å². The zero-order valence-electron chi connectivity index (χ0n) is 11.1. The largest absolute Gasteiger partial charge is 0.493 e. The lowest BCUT2D eigenvalue weighted by atomic mass is 9.96. The number of hydrogen-bond donors (Lipinski definition) is 1. The fourth-order valence-electron chi connectivity index (χ4n) is 2.03. The van der Waals surface area contributed by atoms with Gasteiger partial charge >= 0.3 is 0 Å². The molecule has 102 valence electrons. The van der Waals surface area contributed by atoms with Gasteiger partial charge in [0, 0.05) is 6.54 Å². The third-order valence-electron chi connectivity index (χ3n) is 3.01. The molecule has 1 unspecified atom stereocenters. The monoisotopic (exact) mass is 265 g/mol. The quantitative estimate of drug-likeness (QED) is 0.914. The van der Waals surface area contributed by atoms with Crippen LogP contribution in [0.4, 0.5) is 4.39 Å². The molecular formula is C13H16FN3O2. The fourth-order valence-corrected chi connectivity index (χ4v) is 2.03. The number of hydrogen-bond acceptors (Lipinski definition) is 4. The minimum atomic E-state index is -1.41. The standard InChI is InChI=1S/C13H16FN3O2/c1-4-17-12(10(19-3)8-16-17)13(2,18)11-6-5-9(14)7-15-11/h5-8,18H,4H2,1-3H3. The molecule has 0 saturated carbocycles. The molecule has 2 aromatic rings. The number of halogens is 1. The summed E-state index contributed by atoms with van der Waals surface area (Å²) in [6.07, 6.45) is 2.61. The second kappa shape index (κ2) is 4.97. The molecule has 0 aromatic carbocycles. The Morgan fingerprint density at radius 2 is 2.16 bits per heavy atom. The van der Waals surface area contributed by atoms with Gasteiger partial charge in [-0.15, -0.1) is 0 Å². The van der Waals surface area contributed by atoms with E-state index in [1.165, 1.54) is 25.4 Å². The summed E-state index contributed by atoms with van der Waals surface area (Å²) in [6, 6.07) is 2.71. The molecule has 5 nitrogen and oxygen atoms in total. The number of methoxy groups -OCH3 is 1. The van der Waals surface area contributed by atoms with Crippen LogP contribution in [0.5, 0.6) is 5.75 Å². The van der Waals surface area contributed by atoms with Gasteiger partial charge in [-0.2, -0.15) is 5.10 Å². The highest BCUT2D eigenvalue weighted by Crippen LogP contribution is 2.34. The van der Waals surface area contributed by atoms with Gasteiger partial charge in [0.25, 0.3) is 0 Å². The SMILES string of the molecule is CCn1ncc(OC)c1C(C)(O)c1ccc(F)cn1. The van der Waals surface area contributed by atoms with Crippen molar-refractivity contribution in [2.45, 2.75) is 26.0 Å². The first kappa shape index (κ1) is 13.5. The third kappa shape index (κ3) is 2.31. The van der Waals surface area contributed by atoms with Gasteiger partial charge in [-0.05, 0) is 26.0 Å². The Balaban J connectivity index is 2.54. The molecule has 0 aliphatic heterocycles. The summed E-state index contributed by atoms with van der Waals surface area (Å²) >= 11 is 0. The number of aryl methyl sites for hydroxylation is 1. The number of pyridine rings is 1. The molecule has 2 heterocycles. The van der Waals surface area contributed by atoms with Crippen LogP contribution in [0.2, 0.25) is 0 Å². The maximum Gasteiger partial charge on any atom is 0.163 e. The summed E-state index contributed by atoms with van der Waals surface area (Å²) in [6.45, 7) is 4.07. The van der Waals surface area contributed by atoms with Gasteiger partial charge in [0.15, 0.2) is 5.75 Å². The average Bonchev–Trinajstić information content (AvgIpc) is 2.82. The van der Waals surface area contributed by atoms with Crippen LogP contribution in [-0.2, 0) is 12.1 Å². The van der Waals surface area contributed by atoms with E-state index >= 15 is 0 Å². The van der Waals surface area contributed by atoms with E-state index in [1.54, 1.807) is 11.6 Å². The topological polar surface area (TPSA) is 60.2 Å². The summed E-state index contributed by atoms with van der Waals surface area (Å²) in [5.41, 5.74) is -0.579. The second-order valence-corrected chi connectivity index (χ2v) is 4.31. The maximum atomic E-state index is 12.9. The average molecular weight is 265 g/mol. The van der Waals surface area contributed by atoms with Crippen molar-refractivity contribution in [2.75, 3.05) is 7.11 Å². The summed E-state index contributed by atoms with van der Waals surface area (Å²) in [4.78, 5) is 3.94. The minimum Gasteiger partial charge on any atom is -0.493 e. The number of aromatic nitrogens is 3. The van der Waals surface area contributed by atoms with Crippen molar-refractivity contribution in [1.29, 1.82) is 0 Å². The molecule has 2 rings (SSSR count). The lowest BCUT2D eigenvalue weighted by Crippen LogP contribution is -2.28. The van der Waals surface area contributed by atoms with Gasteiger partial charge in [0.2, 0.25) is 0 Å². The predicted molar refractivity (Wildman–Crippen MR) is 67.3 cm³/mol. The van der Waals surface area contributed by atoms with E-state index in [0.29, 0.717) is 23.7 Å². The molecule has 1 N–H and O–H groups in total. The van der Waals surface area contributed by atoms with Crippen molar-refractivity contribution >= 4 is 0 Å². The van der Waals surface area contributed by atoms with Crippen molar-refractivity contribution in [1.82, 2.24) is 14.8 Å². The van der Waals surface area contributed by atoms with Gasteiger partial charge in [0.05, 0.1) is 25.2 Å². The Kier molecular flexibility index (Phi) is 3.53. The maximum absolute atomic E-state index is 12.9. The van der Waals surface area contributed by atoms with E-state index in [1.807, 2.05) is 6.92 Å². The van der Waals surface area contributed by atoms with Gasteiger partial charge in [-0.25, -0.2) is 4.39 Å². The van der Waals surface area contributed by atoms with Crippen LogP contribution >= 0.6 is 0 Å². The predicted octanol–water partition coefficient (Wildman–Crippen LogP) is 1.70. The molecule has 0 radical (unpaired) electrons. The molecule has 0 spiro atoms. The Hall–Kier alpha value is -1.95. The van der Waals surface area contributed by atoms with Crippen LogP contribution in [0.3, 0.4) is 0 Å². The van der Waals surface area contributed by atoms with Crippen LogP contribution < -0.4 is 4.74 Å². The van der Waals surface area contributed by atoms with E-state index in [4.69, 9.17) is 4.74 Å². The van der Waals surface area contributed by atoms with Gasteiger partial charge in [-0.3, -0.25) is 9.67 Å². The van der Waals surface area contributed by atoms with Crippen LogP contribution in [0.25, 0.3) is 0 Å². The van der Waals surface area contributed by atoms with Crippen molar-refractivity contribution in [3.8, 4) is 5.75 Å². The first-order chi connectivity index (χ1) is 9.00. The lowest BCUT2D eigenvalue weighted by molar-refractivity contribution is 0.0838. The normalized spacial score (nSPS) is 14.2. The number of rotatable bonds is 4. The molecule has 1 atom stereocenters. The lowest BCUT2D eigenvalue weighted by Gasteiger charge is -2.24. The molecule has 6 heteroatoms. The zero-order chi connectivity index (χ0) is 14.0. The van der Waals surface area contributed by atoms with Crippen LogP contribution in [0.1, 0.15) is 25.2 Å². The van der Waals surface area contributed by atoms with E-state index in [0.717, 1.165) is 6.20 Å². The first-order valence-electron chi connectivity index (χ1n) is 5.95. The third-order valence-corrected chi connectivity index (χ3v) is 3.01. The van der Waals surface area contributed by atoms with Crippen molar-refractivity contribution < 1.29 is 14.2 Å². The smallest absolute Gasteiger partial charge is 0.163 e. The molecule has 0 fully saturated rings. The summed E-state index contributed by atoms with van der Waals surface area (Å²) in [5, 5.41) is 14.9. The molecule has 0 aliphatic carbocycles. The van der Waals surface area contributed by atoms with E-state index < -0.39 is 11.4 Å². The van der Waals surface area contributed by atoms with Gasteiger partial charge in [-0.1, -0.05) is 0 Å². The summed E-state index contributed by atoms with van der Waals surface area (Å²) in [5.74, 6) is 0.0217. The number of aliphatic hydroxyl groups is 1. The Labute approximate surface area is 110 Å². The van der Waals surface area contributed by atoms with Crippen molar-refractivity contribution in [2.24, 2.45) is 0 Å². The number of ether oxygens (including phenoxy) is 1. The molecule has 2 aromatic heterocycles. The van der Waals surface area contributed by atoms with E-state index in [-0.39, 0.29) is 0 Å². The summed E-state index contributed by atoms with van der Waals surface area (Å²) < 4.78 is 19.8. The number of nitrogens with zero attached hydrogens (tertiary/aromatic N) is 3. The van der Waals surface area contributed by atoms with Crippen LogP contribution in [0, 0.1) is 5.82 Å². The van der Waals surface area contributed by atoms with E-state index in [9.17, 15) is 9.50 Å². The molecule has 0 aliphatic rings. The zero-order valence-corrected chi connectivity index (χ0v) is 11.1. The Morgan fingerprint density at radius 3 is 2.68 bits per heavy atom. The molecule has 0 bridgehead atoms. The highest BCUT2D eigenvalue weighted by Gasteiger charge is 2.34. The molecule has 19 heavy (non-hydrogen) atoms. The van der Waals surface area contributed by atoms with Gasteiger partial charge in [0.1, 0.15) is 17.1 Å². The molecular weight excluding hydrogens is 249 g/mol. The first-order valence-corrected chi connectivity index (χ1v) is 5.95. The Morgan fingerprint density at radius 1 is 1.42 bits per heavy atom. The molecule has 0 amide bonds. The molecule has 0 saturated heterocycles. The van der Waals surface area contributed by atoms with Crippen molar-refractivity contribution in [3.63, 3.8) is 0 Å². The van der Waals surface area contributed by atoms with E-state index in [2.05, 4.69) is 10.1 Å². The van der Waals surface area contributed by atoms with Crippen LogP contribution in [0.15, 0.2) is 24.5 Å². The van der Waals surface area contributed by atoms with Crippen molar-refractivity contribution in [3.05, 3.63) is 41.7 Å². The Bertz CT molecular complexity index is 542. The van der Waals surface area contributed by atoms with Crippen LogP contribution in [-0.4, -0.2) is 27.0 Å². The highest BCUT2D eigenvalue weighted by atomic mass is 19.1. The summed E-state index contributed by atoms with van der Waals surface area (Å²) in [7, 11) is 1.51. The second-order valence-electron chi connectivity index (χ2n) is 4.31. The highest BCUT2D eigenvalue weighted by molar-refractivity contribution is 5.36. The fraction of sp³-hybridized carbons (Fsp3) is 0.385.